The molecule has 2 N–H and O–H groups in total. The minimum atomic E-state index is -0.830. The fourth-order valence-corrected chi connectivity index (χ4v) is 7.12. The molecule has 10 nitrogen and oxygen atoms in total. The Bertz CT molecular complexity index is 1790. The van der Waals surface area contributed by atoms with E-state index >= 15 is 0 Å². The summed E-state index contributed by atoms with van der Waals surface area (Å²) in [4.78, 5) is 30.3. The predicted octanol–water partition coefficient (Wildman–Crippen LogP) is 4.60. The van der Waals surface area contributed by atoms with Crippen molar-refractivity contribution in [3.8, 4) is 17.1 Å². The molecule has 0 bridgehead atoms. The Hall–Kier alpha value is -3.89. The Morgan fingerprint density at radius 1 is 1.04 bits per heavy atom. The van der Waals surface area contributed by atoms with E-state index in [0.717, 1.165) is 41.9 Å². The summed E-state index contributed by atoms with van der Waals surface area (Å²) in [5, 5.41) is 6.28. The van der Waals surface area contributed by atoms with Gasteiger partial charge in [-0.25, -0.2) is 4.52 Å². The number of benzene rings is 1. The Labute approximate surface area is 264 Å². The van der Waals surface area contributed by atoms with Crippen LogP contribution in [0.15, 0.2) is 36.5 Å². The fraction of sp³-hybridized carbons (Fsp3) is 0.514. The largest absolute Gasteiger partial charge is 0.494 e. The third-order valence-corrected chi connectivity index (χ3v) is 10.1. The van der Waals surface area contributed by atoms with E-state index in [1.165, 1.54) is 29.3 Å². The number of amides is 2. The van der Waals surface area contributed by atoms with Crippen LogP contribution >= 0.6 is 0 Å². The van der Waals surface area contributed by atoms with Crippen LogP contribution in [0.3, 0.4) is 0 Å². The van der Waals surface area contributed by atoms with Gasteiger partial charge >= 0.3 is 0 Å². The second-order valence-electron chi connectivity index (χ2n) is 13.7. The summed E-state index contributed by atoms with van der Waals surface area (Å²) < 4.78 is 15.6. The lowest BCUT2D eigenvalue weighted by Crippen LogP contribution is -2.55. The molecule has 10 heteroatoms. The van der Waals surface area contributed by atoms with E-state index in [-0.39, 0.29) is 23.8 Å². The van der Waals surface area contributed by atoms with Crippen molar-refractivity contribution >= 4 is 28.2 Å². The van der Waals surface area contributed by atoms with Crippen LogP contribution in [0.4, 0.5) is 0 Å². The second kappa shape index (κ2) is 11.2. The third-order valence-electron chi connectivity index (χ3n) is 10.1. The maximum atomic E-state index is 13.5. The lowest BCUT2D eigenvalue weighted by Gasteiger charge is -2.43. The number of para-hydroxylation sites is 1. The van der Waals surface area contributed by atoms with Crippen molar-refractivity contribution in [1.82, 2.24) is 24.0 Å². The van der Waals surface area contributed by atoms with Crippen molar-refractivity contribution in [3.05, 3.63) is 53.2 Å². The molecule has 4 aromatic rings. The molecular formula is C35H44N6O4. The number of hydrogen-bond donors (Lipinski definition) is 1. The topological polar surface area (TPSA) is 107 Å². The molecule has 238 valence electrons. The lowest BCUT2D eigenvalue weighted by atomic mass is 9.88. The third kappa shape index (κ3) is 5.17. The van der Waals surface area contributed by atoms with Gasteiger partial charge < -0.3 is 29.6 Å². The van der Waals surface area contributed by atoms with Crippen molar-refractivity contribution in [3.63, 3.8) is 0 Å². The van der Waals surface area contributed by atoms with Crippen LogP contribution in [0.5, 0.6) is 5.75 Å². The van der Waals surface area contributed by atoms with Gasteiger partial charge in [-0.05, 0) is 70.1 Å². The molecule has 2 amide bonds. The number of hydrogen-bond acceptors (Lipinski definition) is 6. The van der Waals surface area contributed by atoms with E-state index in [1.807, 2.05) is 40.4 Å². The highest BCUT2D eigenvalue weighted by Gasteiger charge is 2.40. The molecule has 0 radical (unpaired) electrons. The molecule has 0 spiro atoms. The predicted molar refractivity (Wildman–Crippen MR) is 174 cm³/mol. The molecule has 3 aromatic heterocycles. The highest BCUT2D eigenvalue weighted by Crippen LogP contribution is 2.42. The van der Waals surface area contributed by atoms with E-state index in [0.29, 0.717) is 43.4 Å². The minimum absolute atomic E-state index is 0.00542. The Kier molecular flexibility index (Phi) is 7.40. The Morgan fingerprint density at radius 2 is 1.82 bits per heavy atom. The van der Waals surface area contributed by atoms with Crippen molar-refractivity contribution < 1.29 is 19.1 Å². The minimum Gasteiger partial charge on any atom is -0.494 e. The first-order valence-corrected chi connectivity index (χ1v) is 16.2. The van der Waals surface area contributed by atoms with Gasteiger partial charge in [-0.2, -0.15) is 5.10 Å². The summed E-state index contributed by atoms with van der Waals surface area (Å²) in [7, 11) is 3.23. The van der Waals surface area contributed by atoms with E-state index in [4.69, 9.17) is 20.3 Å². The van der Waals surface area contributed by atoms with Crippen LogP contribution in [0.2, 0.25) is 0 Å². The van der Waals surface area contributed by atoms with Gasteiger partial charge in [0.1, 0.15) is 22.6 Å². The number of nitrogens with two attached hydrogens (primary N) is 1. The van der Waals surface area contributed by atoms with E-state index in [9.17, 15) is 9.59 Å². The van der Waals surface area contributed by atoms with Crippen LogP contribution in [0, 0.1) is 12.8 Å². The maximum absolute atomic E-state index is 13.5. The Balaban J connectivity index is 1.29. The van der Waals surface area contributed by atoms with Gasteiger partial charge in [0.05, 0.1) is 23.9 Å². The Morgan fingerprint density at radius 3 is 2.51 bits per heavy atom. The van der Waals surface area contributed by atoms with Crippen molar-refractivity contribution in [2.45, 2.75) is 70.6 Å². The molecule has 1 aromatic carbocycles. The summed E-state index contributed by atoms with van der Waals surface area (Å²) in [6.07, 6.45) is 6.13. The molecule has 2 saturated heterocycles. The molecule has 1 saturated carbocycles. The van der Waals surface area contributed by atoms with E-state index in [2.05, 4.69) is 35.8 Å². The monoisotopic (exact) mass is 612 g/mol. The van der Waals surface area contributed by atoms with Crippen LogP contribution in [0.1, 0.15) is 66.9 Å². The normalized spacial score (nSPS) is 19.4. The number of carbonyl (C=O) groups excluding carboxylic acids is 2. The number of methoxy groups -OCH3 is 2. The van der Waals surface area contributed by atoms with Crippen molar-refractivity contribution in [2.75, 3.05) is 40.4 Å². The van der Waals surface area contributed by atoms with E-state index < -0.39 is 5.60 Å². The van der Waals surface area contributed by atoms with Gasteiger partial charge in [0.15, 0.2) is 0 Å². The van der Waals surface area contributed by atoms with Gasteiger partial charge in [-0.3, -0.25) is 9.59 Å². The average Bonchev–Trinajstić information content (AvgIpc) is 3.67. The standard InChI is InChI=1S/C35H44N6O4/c1-21-30(37-41-19-24(15-29(44-4)31(21)41)33(42)38-13-7-9-26(36)20-38)28-14-23-8-6-10-27(32(23)40(28)16-22-11-12-22)25-17-39(18-25)34(43)35(2,3)45-5/h6,8,10,14-15,19,22,25-26H,7,9,11-13,16-18,20,36H2,1-5H3/t26-/m1/s1. The number of piperidine rings is 1. The number of rotatable bonds is 8. The summed E-state index contributed by atoms with van der Waals surface area (Å²) in [6, 6.07) is 10.6. The molecule has 7 rings (SSSR count). The zero-order valence-electron chi connectivity index (χ0n) is 27.0. The molecule has 45 heavy (non-hydrogen) atoms. The SMILES string of the molecule is COc1cc(C(=O)N2CCC[C@@H](N)C2)cn2nc(-c3cc4cccc(C5CN(C(=O)C(C)(C)OC)C5)c4n3CC3CC3)c(C)c12. The molecule has 3 fully saturated rings. The first-order valence-electron chi connectivity index (χ1n) is 16.2. The molecule has 2 aliphatic heterocycles. The zero-order chi connectivity index (χ0) is 31.6. The number of fused-ring (bicyclic) bond motifs is 2. The highest BCUT2D eigenvalue weighted by molar-refractivity contribution is 5.96. The number of likely N-dealkylation sites (tertiary alicyclic amines) is 2. The summed E-state index contributed by atoms with van der Waals surface area (Å²) in [5.41, 5.74) is 12.2. The number of carbonyl (C=O) groups is 2. The number of ether oxygens (including phenoxy) is 2. The molecule has 3 aliphatic rings. The summed E-state index contributed by atoms with van der Waals surface area (Å²) in [5.74, 6) is 1.50. The number of aromatic nitrogens is 3. The molecule has 1 atom stereocenters. The van der Waals surface area contributed by atoms with Gasteiger partial charge in [0, 0.05) is 68.9 Å². The first kappa shape index (κ1) is 29.8. The molecule has 1 aliphatic carbocycles. The second-order valence-corrected chi connectivity index (χ2v) is 13.7. The number of nitrogens with zero attached hydrogens (tertiary/aromatic N) is 5. The summed E-state index contributed by atoms with van der Waals surface area (Å²) in [6.45, 7) is 9.27. The zero-order valence-corrected chi connectivity index (χ0v) is 27.0. The molecule has 0 unspecified atom stereocenters. The fourth-order valence-electron chi connectivity index (χ4n) is 7.12. The van der Waals surface area contributed by atoms with Gasteiger partial charge in [0.2, 0.25) is 0 Å². The van der Waals surface area contributed by atoms with Gasteiger partial charge in [0.25, 0.3) is 11.8 Å². The van der Waals surface area contributed by atoms with Crippen LogP contribution in [-0.4, -0.2) is 87.8 Å². The number of pyridine rings is 1. The molecular weight excluding hydrogens is 568 g/mol. The first-order chi connectivity index (χ1) is 21.6. The van der Waals surface area contributed by atoms with E-state index in [1.54, 1.807) is 14.2 Å². The van der Waals surface area contributed by atoms with Crippen LogP contribution < -0.4 is 10.5 Å². The highest BCUT2D eigenvalue weighted by atomic mass is 16.5. The van der Waals surface area contributed by atoms with Crippen molar-refractivity contribution in [2.24, 2.45) is 11.7 Å². The lowest BCUT2D eigenvalue weighted by molar-refractivity contribution is -0.155. The average molecular weight is 613 g/mol. The van der Waals surface area contributed by atoms with Crippen molar-refractivity contribution in [1.29, 1.82) is 0 Å². The smallest absolute Gasteiger partial charge is 0.255 e. The van der Waals surface area contributed by atoms with Crippen LogP contribution in [-0.2, 0) is 16.1 Å². The molecule has 5 heterocycles. The maximum Gasteiger partial charge on any atom is 0.255 e. The van der Waals surface area contributed by atoms with Gasteiger partial charge in [-0.15, -0.1) is 0 Å². The van der Waals surface area contributed by atoms with Gasteiger partial charge in [-0.1, -0.05) is 18.2 Å². The van der Waals surface area contributed by atoms with Crippen LogP contribution in [0.25, 0.3) is 27.8 Å². The number of aryl methyl sites for hydroxylation is 1. The summed E-state index contributed by atoms with van der Waals surface area (Å²) >= 11 is 0. The quantitative estimate of drug-likeness (QED) is 0.312.